The van der Waals surface area contributed by atoms with Gasteiger partial charge in [0.1, 0.15) is 0 Å². The van der Waals surface area contributed by atoms with Gasteiger partial charge in [-0.1, -0.05) is 39.7 Å². The lowest BCUT2D eigenvalue weighted by Gasteiger charge is -2.36. The number of carbonyl (C=O) groups excluding carboxylic acids is 2. The fourth-order valence-corrected chi connectivity index (χ4v) is 3.77. The van der Waals surface area contributed by atoms with Crippen LogP contribution in [-0.4, -0.2) is 32.1 Å². The second-order valence-corrected chi connectivity index (χ2v) is 7.75. The van der Waals surface area contributed by atoms with Crippen LogP contribution in [0.25, 0.3) is 0 Å². The van der Waals surface area contributed by atoms with Crippen LogP contribution in [0.4, 0.5) is 5.69 Å². The highest BCUT2D eigenvalue weighted by atomic mass is 79.9. The summed E-state index contributed by atoms with van der Waals surface area (Å²) in [5.41, 5.74) is 1.13. The molecule has 1 aliphatic rings. The third kappa shape index (κ3) is 4.18. The zero-order chi connectivity index (χ0) is 19.4. The van der Waals surface area contributed by atoms with Crippen LogP contribution in [-0.2, 0) is 14.9 Å². The number of nitrogens with one attached hydrogen (secondary N) is 2. The molecule has 1 fully saturated rings. The van der Waals surface area contributed by atoms with Gasteiger partial charge in [-0.05, 0) is 48.7 Å². The Hall–Kier alpha value is -1.89. The van der Waals surface area contributed by atoms with E-state index in [2.05, 4.69) is 26.6 Å². The molecular formula is C20H20BrClN2O3. The standard InChI is InChI=1S/C20H20BrClN2O3/c1-23-18(25)16-12-15(6-7-17(16)22)24-19(26)20(8-10-27-11-9-20)13-2-4-14(21)5-3-13/h2-7,12H,8-11H2,1H3,(H,23,25)(H,24,26). The van der Waals surface area contributed by atoms with E-state index < -0.39 is 5.41 Å². The second kappa shape index (κ2) is 8.42. The SMILES string of the molecule is CNC(=O)c1cc(NC(=O)C2(c3ccc(Br)cc3)CCOCC2)ccc1Cl. The molecule has 5 nitrogen and oxygen atoms in total. The summed E-state index contributed by atoms with van der Waals surface area (Å²) >= 11 is 9.54. The highest BCUT2D eigenvalue weighted by Crippen LogP contribution is 2.37. The minimum atomic E-state index is -0.675. The minimum absolute atomic E-state index is 0.113. The van der Waals surface area contributed by atoms with Crippen molar-refractivity contribution in [2.24, 2.45) is 0 Å². The van der Waals surface area contributed by atoms with Crippen LogP contribution < -0.4 is 10.6 Å². The normalized spacial score (nSPS) is 15.8. The molecule has 2 aromatic rings. The van der Waals surface area contributed by atoms with E-state index in [9.17, 15) is 9.59 Å². The summed E-state index contributed by atoms with van der Waals surface area (Å²) < 4.78 is 6.45. The van der Waals surface area contributed by atoms with Gasteiger partial charge in [-0.25, -0.2) is 0 Å². The van der Waals surface area contributed by atoms with E-state index in [4.69, 9.17) is 16.3 Å². The van der Waals surface area contributed by atoms with Gasteiger partial charge >= 0.3 is 0 Å². The third-order valence-corrected chi connectivity index (χ3v) is 5.73. The van der Waals surface area contributed by atoms with Crippen molar-refractivity contribution in [3.63, 3.8) is 0 Å². The average molecular weight is 452 g/mol. The summed E-state index contributed by atoms with van der Waals surface area (Å²) in [5.74, 6) is -0.414. The Balaban J connectivity index is 1.92. The lowest BCUT2D eigenvalue weighted by molar-refractivity contribution is -0.125. The second-order valence-electron chi connectivity index (χ2n) is 6.43. The van der Waals surface area contributed by atoms with Crippen molar-refractivity contribution in [3.8, 4) is 0 Å². The molecule has 0 saturated carbocycles. The molecule has 0 atom stereocenters. The Kier molecular flexibility index (Phi) is 6.19. The molecule has 0 spiro atoms. The van der Waals surface area contributed by atoms with Crippen molar-refractivity contribution < 1.29 is 14.3 Å². The molecule has 142 valence electrons. The average Bonchev–Trinajstić information content (AvgIpc) is 2.69. The molecule has 3 rings (SSSR count). The van der Waals surface area contributed by atoms with Crippen LogP contribution in [0.3, 0.4) is 0 Å². The van der Waals surface area contributed by atoms with Gasteiger partial charge in [0, 0.05) is 30.4 Å². The maximum Gasteiger partial charge on any atom is 0.252 e. The number of ether oxygens (including phenoxy) is 1. The molecule has 0 bridgehead atoms. The zero-order valence-electron chi connectivity index (χ0n) is 14.9. The molecule has 0 unspecified atom stereocenters. The molecule has 27 heavy (non-hydrogen) atoms. The first kappa shape index (κ1) is 19.9. The fourth-order valence-electron chi connectivity index (χ4n) is 3.30. The van der Waals surface area contributed by atoms with E-state index >= 15 is 0 Å². The summed E-state index contributed by atoms with van der Waals surface area (Å²) in [6.07, 6.45) is 1.19. The van der Waals surface area contributed by atoms with Gasteiger partial charge in [0.25, 0.3) is 5.91 Å². The number of hydrogen-bond acceptors (Lipinski definition) is 3. The van der Waals surface area contributed by atoms with Crippen LogP contribution in [0, 0.1) is 0 Å². The van der Waals surface area contributed by atoms with Crippen molar-refractivity contribution in [1.29, 1.82) is 0 Å². The maximum atomic E-state index is 13.3. The molecule has 0 aromatic heterocycles. The van der Waals surface area contributed by atoms with Gasteiger partial charge in [-0.2, -0.15) is 0 Å². The molecular weight excluding hydrogens is 432 g/mol. The predicted molar refractivity (Wildman–Crippen MR) is 109 cm³/mol. The smallest absolute Gasteiger partial charge is 0.252 e. The van der Waals surface area contributed by atoms with Gasteiger partial charge in [-0.3, -0.25) is 9.59 Å². The summed E-state index contributed by atoms with van der Waals surface area (Å²) in [4.78, 5) is 25.3. The predicted octanol–water partition coefficient (Wildman–Crippen LogP) is 4.15. The molecule has 2 N–H and O–H groups in total. The van der Waals surface area contributed by atoms with Crippen molar-refractivity contribution in [2.75, 3.05) is 25.6 Å². The van der Waals surface area contributed by atoms with Crippen LogP contribution >= 0.6 is 27.5 Å². The van der Waals surface area contributed by atoms with Gasteiger partial charge in [-0.15, -0.1) is 0 Å². The molecule has 1 saturated heterocycles. The molecule has 0 aliphatic carbocycles. The third-order valence-electron chi connectivity index (χ3n) is 4.87. The van der Waals surface area contributed by atoms with Crippen LogP contribution in [0.1, 0.15) is 28.8 Å². The van der Waals surface area contributed by atoms with Crippen molar-refractivity contribution in [1.82, 2.24) is 5.32 Å². The van der Waals surface area contributed by atoms with Crippen LogP contribution in [0.5, 0.6) is 0 Å². The number of amides is 2. The number of carbonyl (C=O) groups is 2. The highest BCUT2D eigenvalue weighted by Gasteiger charge is 2.41. The van der Waals surface area contributed by atoms with Crippen LogP contribution in [0.2, 0.25) is 5.02 Å². The van der Waals surface area contributed by atoms with Crippen LogP contribution in [0.15, 0.2) is 46.9 Å². The summed E-state index contributed by atoms with van der Waals surface area (Å²) in [6, 6.07) is 12.7. The van der Waals surface area contributed by atoms with Gasteiger partial charge < -0.3 is 15.4 Å². The first-order valence-corrected chi connectivity index (χ1v) is 9.80. The number of benzene rings is 2. The lowest BCUT2D eigenvalue weighted by Crippen LogP contribution is -2.44. The summed E-state index contributed by atoms with van der Waals surface area (Å²) in [6.45, 7) is 1.04. The highest BCUT2D eigenvalue weighted by molar-refractivity contribution is 9.10. The van der Waals surface area contributed by atoms with Crippen molar-refractivity contribution in [3.05, 3.63) is 63.1 Å². The molecule has 1 heterocycles. The summed E-state index contributed by atoms with van der Waals surface area (Å²) in [5, 5.41) is 5.85. The quantitative estimate of drug-likeness (QED) is 0.734. The number of hydrogen-bond donors (Lipinski definition) is 2. The fraction of sp³-hybridized carbons (Fsp3) is 0.300. The van der Waals surface area contributed by atoms with Crippen molar-refractivity contribution in [2.45, 2.75) is 18.3 Å². The Labute approximate surface area is 171 Å². The largest absolute Gasteiger partial charge is 0.381 e. The van der Waals surface area contributed by atoms with E-state index in [1.165, 1.54) is 7.05 Å². The lowest BCUT2D eigenvalue weighted by atomic mass is 9.73. The first-order valence-electron chi connectivity index (χ1n) is 8.63. The Bertz CT molecular complexity index is 849. The van der Waals surface area contributed by atoms with E-state index in [1.54, 1.807) is 18.2 Å². The Morgan fingerprint density at radius 3 is 2.41 bits per heavy atom. The monoisotopic (exact) mass is 450 g/mol. The Morgan fingerprint density at radius 2 is 1.78 bits per heavy atom. The summed E-state index contributed by atoms with van der Waals surface area (Å²) in [7, 11) is 1.54. The topological polar surface area (TPSA) is 67.4 Å². The number of anilines is 1. The Morgan fingerprint density at radius 1 is 1.11 bits per heavy atom. The maximum absolute atomic E-state index is 13.3. The molecule has 0 radical (unpaired) electrons. The molecule has 1 aliphatic heterocycles. The van der Waals surface area contributed by atoms with Crippen molar-refractivity contribution >= 4 is 45.0 Å². The first-order chi connectivity index (χ1) is 13.0. The molecule has 2 aromatic carbocycles. The van der Waals surface area contributed by atoms with E-state index in [0.29, 0.717) is 42.3 Å². The van der Waals surface area contributed by atoms with E-state index in [-0.39, 0.29) is 11.8 Å². The van der Waals surface area contributed by atoms with Gasteiger partial charge in [0.15, 0.2) is 0 Å². The van der Waals surface area contributed by atoms with Gasteiger partial charge in [0.05, 0.1) is 16.0 Å². The molecule has 7 heteroatoms. The number of halogens is 2. The zero-order valence-corrected chi connectivity index (χ0v) is 17.2. The van der Waals surface area contributed by atoms with E-state index in [0.717, 1.165) is 10.0 Å². The van der Waals surface area contributed by atoms with E-state index in [1.807, 2.05) is 24.3 Å². The van der Waals surface area contributed by atoms with Gasteiger partial charge in [0.2, 0.25) is 5.91 Å². The number of rotatable bonds is 4. The molecule has 2 amide bonds. The minimum Gasteiger partial charge on any atom is -0.381 e.